The summed E-state index contributed by atoms with van der Waals surface area (Å²) in [5, 5.41) is 2.90. The largest absolute Gasteiger partial charge is 0.478 e. The zero-order valence-corrected chi connectivity index (χ0v) is 13.1. The number of carbonyl (C=O) groups excluding carboxylic acids is 1. The van der Waals surface area contributed by atoms with Gasteiger partial charge in [0.05, 0.1) is 24.5 Å². The van der Waals surface area contributed by atoms with Crippen LogP contribution < -0.4 is 10.1 Å². The summed E-state index contributed by atoms with van der Waals surface area (Å²) >= 11 is 0. The molecular weight excluding hydrogens is 282 g/mol. The van der Waals surface area contributed by atoms with Crippen molar-refractivity contribution in [2.75, 3.05) is 27.2 Å². The number of ether oxygens (including phenoxy) is 1. The monoisotopic (exact) mass is 303 g/mol. The molecule has 2 aromatic rings. The first-order valence-electron chi connectivity index (χ1n) is 7.18. The predicted octanol–water partition coefficient (Wildman–Crippen LogP) is 2.11. The van der Waals surface area contributed by atoms with Crippen LogP contribution in [0, 0.1) is 0 Å². The van der Waals surface area contributed by atoms with Crippen molar-refractivity contribution >= 4 is 5.91 Å². The molecule has 22 heavy (non-hydrogen) atoms. The highest BCUT2D eigenvalue weighted by Crippen LogP contribution is 2.17. The van der Waals surface area contributed by atoms with Crippen molar-refractivity contribution in [3.05, 3.63) is 48.0 Å². The highest BCUT2D eigenvalue weighted by molar-refractivity contribution is 5.93. The van der Waals surface area contributed by atoms with Gasteiger partial charge in [0.1, 0.15) is 5.76 Å². The number of nitrogens with zero attached hydrogens (tertiary/aromatic N) is 2. The zero-order valence-electron chi connectivity index (χ0n) is 13.1. The standard InChI is InChI=1S/C16H21N3O3/c1-4-21-15-8-7-12(10-17-15)16(20)18-11-13(19(2)3)14-6-5-9-22-14/h5-10,13H,4,11H2,1-3H3,(H,18,20). The van der Waals surface area contributed by atoms with E-state index in [1.165, 1.54) is 6.20 Å². The minimum atomic E-state index is -0.172. The molecule has 2 aromatic heterocycles. The Hall–Kier alpha value is -2.34. The molecule has 1 unspecified atom stereocenters. The average molecular weight is 303 g/mol. The van der Waals surface area contributed by atoms with Gasteiger partial charge < -0.3 is 14.5 Å². The smallest absolute Gasteiger partial charge is 0.252 e. The molecule has 0 radical (unpaired) electrons. The van der Waals surface area contributed by atoms with Crippen LogP contribution in [0.1, 0.15) is 29.1 Å². The number of nitrogens with one attached hydrogen (secondary N) is 1. The molecule has 0 spiro atoms. The van der Waals surface area contributed by atoms with Gasteiger partial charge in [-0.25, -0.2) is 4.98 Å². The van der Waals surface area contributed by atoms with Crippen molar-refractivity contribution in [2.24, 2.45) is 0 Å². The summed E-state index contributed by atoms with van der Waals surface area (Å²) < 4.78 is 10.7. The summed E-state index contributed by atoms with van der Waals surface area (Å²) in [4.78, 5) is 18.3. The van der Waals surface area contributed by atoms with E-state index in [9.17, 15) is 4.79 Å². The van der Waals surface area contributed by atoms with Crippen molar-refractivity contribution in [3.63, 3.8) is 0 Å². The van der Waals surface area contributed by atoms with Gasteiger partial charge in [0.25, 0.3) is 5.91 Å². The summed E-state index contributed by atoms with van der Waals surface area (Å²) in [6.07, 6.45) is 3.14. The normalized spacial score (nSPS) is 12.2. The zero-order chi connectivity index (χ0) is 15.9. The molecule has 0 bridgehead atoms. The number of hydrogen-bond donors (Lipinski definition) is 1. The van der Waals surface area contributed by atoms with Gasteiger partial charge in [-0.3, -0.25) is 9.69 Å². The number of pyridine rings is 1. The fourth-order valence-corrected chi connectivity index (χ4v) is 2.06. The molecule has 0 saturated carbocycles. The van der Waals surface area contributed by atoms with Crippen LogP contribution in [-0.4, -0.2) is 43.0 Å². The molecule has 0 aliphatic carbocycles. The molecule has 118 valence electrons. The minimum absolute atomic E-state index is 0.0189. The topological polar surface area (TPSA) is 67.6 Å². The van der Waals surface area contributed by atoms with E-state index < -0.39 is 0 Å². The van der Waals surface area contributed by atoms with Crippen molar-refractivity contribution < 1.29 is 13.9 Å². The predicted molar refractivity (Wildman–Crippen MR) is 82.9 cm³/mol. The van der Waals surface area contributed by atoms with Crippen molar-refractivity contribution in [1.29, 1.82) is 0 Å². The first kappa shape index (κ1) is 16.0. The fourth-order valence-electron chi connectivity index (χ4n) is 2.06. The molecule has 2 rings (SSSR count). The molecule has 0 saturated heterocycles. The maximum absolute atomic E-state index is 12.2. The molecular formula is C16H21N3O3. The van der Waals surface area contributed by atoms with Gasteiger partial charge in [-0.05, 0) is 39.2 Å². The van der Waals surface area contributed by atoms with Gasteiger partial charge in [-0.2, -0.15) is 0 Å². The van der Waals surface area contributed by atoms with E-state index >= 15 is 0 Å². The second-order valence-corrected chi connectivity index (χ2v) is 5.02. The fraction of sp³-hybridized carbons (Fsp3) is 0.375. The number of likely N-dealkylation sites (N-methyl/N-ethyl adjacent to an activating group) is 1. The van der Waals surface area contributed by atoms with Crippen LogP contribution in [0.4, 0.5) is 0 Å². The van der Waals surface area contributed by atoms with Crippen molar-refractivity contribution in [2.45, 2.75) is 13.0 Å². The van der Waals surface area contributed by atoms with Crippen LogP contribution >= 0.6 is 0 Å². The Morgan fingerprint density at radius 1 is 1.41 bits per heavy atom. The summed E-state index contributed by atoms with van der Waals surface area (Å²) in [6, 6.07) is 7.10. The molecule has 1 atom stereocenters. The number of furan rings is 1. The molecule has 0 aliphatic rings. The summed E-state index contributed by atoms with van der Waals surface area (Å²) in [7, 11) is 3.88. The van der Waals surface area contributed by atoms with E-state index in [0.717, 1.165) is 5.76 Å². The molecule has 0 fully saturated rings. The van der Waals surface area contributed by atoms with Crippen LogP contribution in [-0.2, 0) is 0 Å². The lowest BCUT2D eigenvalue weighted by Gasteiger charge is -2.22. The quantitative estimate of drug-likeness (QED) is 0.848. The van der Waals surface area contributed by atoms with Crippen LogP contribution in [0.15, 0.2) is 41.1 Å². The summed E-state index contributed by atoms with van der Waals surface area (Å²) in [5.74, 6) is 1.16. The molecule has 2 heterocycles. The third-order valence-electron chi connectivity index (χ3n) is 3.24. The van der Waals surface area contributed by atoms with Gasteiger partial charge in [0.2, 0.25) is 5.88 Å². The molecule has 6 heteroatoms. The Labute approximate surface area is 130 Å². The van der Waals surface area contributed by atoms with Gasteiger partial charge >= 0.3 is 0 Å². The van der Waals surface area contributed by atoms with E-state index in [1.807, 2.05) is 38.1 Å². The van der Waals surface area contributed by atoms with Crippen LogP contribution in [0.25, 0.3) is 0 Å². The minimum Gasteiger partial charge on any atom is -0.478 e. The molecule has 0 aliphatic heterocycles. The second-order valence-electron chi connectivity index (χ2n) is 5.02. The lowest BCUT2D eigenvalue weighted by atomic mass is 10.2. The number of carbonyl (C=O) groups is 1. The average Bonchev–Trinajstić information content (AvgIpc) is 3.02. The van der Waals surface area contributed by atoms with Gasteiger partial charge in [-0.15, -0.1) is 0 Å². The van der Waals surface area contributed by atoms with Crippen LogP contribution in [0.5, 0.6) is 5.88 Å². The van der Waals surface area contributed by atoms with Crippen molar-refractivity contribution in [3.8, 4) is 5.88 Å². The molecule has 1 N–H and O–H groups in total. The third kappa shape index (κ3) is 4.08. The molecule has 6 nitrogen and oxygen atoms in total. The first-order valence-corrected chi connectivity index (χ1v) is 7.18. The van der Waals surface area contributed by atoms with Crippen LogP contribution in [0.2, 0.25) is 0 Å². The highest BCUT2D eigenvalue weighted by atomic mass is 16.5. The molecule has 1 amide bonds. The van der Waals surface area contributed by atoms with E-state index in [4.69, 9.17) is 9.15 Å². The van der Waals surface area contributed by atoms with Gasteiger partial charge in [0, 0.05) is 18.8 Å². The summed E-state index contributed by atoms with van der Waals surface area (Å²) in [5.41, 5.74) is 0.500. The third-order valence-corrected chi connectivity index (χ3v) is 3.24. The lowest BCUT2D eigenvalue weighted by Crippen LogP contribution is -2.34. The number of rotatable bonds is 7. The lowest BCUT2D eigenvalue weighted by molar-refractivity contribution is 0.0938. The van der Waals surface area contributed by atoms with E-state index in [-0.39, 0.29) is 11.9 Å². The first-order chi connectivity index (χ1) is 10.6. The van der Waals surface area contributed by atoms with Gasteiger partial charge in [0.15, 0.2) is 0 Å². The number of hydrogen-bond acceptors (Lipinski definition) is 5. The number of amides is 1. The highest BCUT2D eigenvalue weighted by Gasteiger charge is 2.18. The number of aromatic nitrogens is 1. The SMILES string of the molecule is CCOc1ccc(C(=O)NCC(c2ccco2)N(C)C)cn1. The maximum atomic E-state index is 12.2. The van der Waals surface area contributed by atoms with Crippen molar-refractivity contribution in [1.82, 2.24) is 15.2 Å². The molecule has 0 aromatic carbocycles. The van der Waals surface area contributed by atoms with E-state index in [0.29, 0.717) is 24.6 Å². The summed E-state index contributed by atoms with van der Waals surface area (Å²) in [6.45, 7) is 2.89. The Kier molecular flexibility index (Phi) is 5.55. The van der Waals surface area contributed by atoms with Crippen LogP contribution in [0.3, 0.4) is 0 Å². The maximum Gasteiger partial charge on any atom is 0.252 e. The second kappa shape index (κ2) is 7.61. The van der Waals surface area contributed by atoms with Gasteiger partial charge in [-0.1, -0.05) is 0 Å². The van der Waals surface area contributed by atoms with E-state index in [2.05, 4.69) is 10.3 Å². The Balaban J connectivity index is 1.96. The van der Waals surface area contributed by atoms with E-state index in [1.54, 1.807) is 18.4 Å². The Morgan fingerprint density at radius 2 is 2.23 bits per heavy atom. The Morgan fingerprint density at radius 3 is 2.77 bits per heavy atom. The Bertz CT molecular complexity index is 579.